The molecule has 0 spiro atoms. The SMILES string of the molecule is CCC(C)C=CC(C)C(=C(C)C1CCC1)C(CC)CCNC. The van der Waals surface area contributed by atoms with E-state index in [4.69, 9.17) is 0 Å². The van der Waals surface area contributed by atoms with Gasteiger partial charge in [0.15, 0.2) is 0 Å². The average Bonchev–Trinajstić information content (AvgIpc) is 2.46. The van der Waals surface area contributed by atoms with Gasteiger partial charge in [-0.2, -0.15) is 0 Å². The molecule has 0 aromatic rings. The lowest BCUT2D eigenvalue weighted by Gasteiger charge is -2.33. The second-order valence-electron chi connectivity index (χ2n) is 7.32. The van der Waals surface area contributed by atoms with Crippen molar-refractivity contribution >= 4 is 0 Å². The molecule has 0 radical (unpaired) electrons. The molecule has 0 amide bonds. The first-order valence-electron chi connectivity index (χ1n) is 9.58. The van der Waals surface area contributed by atoms with E-state index >= 15 is 0 Å². The van der Waals surface area contributed by atoms with Gasteiger partial charge >= 0.3 is 0 Å². The van der Waals surface area contributed by atoms with E-state index in [-0.39, 0.29) is 0 Å². The molecule has 0 aliphatic heterocycles. The predicted molar refractivity (Wildman–Crippen MR) is 100 cm³/mol. The van der Waals surface area contributed by atoms with E-state index in [9.17, 15) is 0 Å². The van der Waals surface area contributed by atoms with Gasteiger partial charge in [0, 0.05) is 0 Å². The highest BCUT2D eigenvalue weighted by molar-refractivity contribution is 5.25. The lowest BCUT2D eigenvalue weighted by Crippen LogP contribution is -2.22. The Hall–Kier alpha value is -0.560. The molecule has 128 valence electrons. The molecule has 1 fully saturated rings. The van der Waals surface area contributed by atoms with Crippen LogP contribution in [-0.2, 0) is 0 Å². The zero-order valence-electron chi connectivity index (χ0n) is 15.9. The summed E-state index contributed by atoms with van der Waals surface area (Å²) in [6, 6.07) is 0. The van der Waals surface area contributed by atoms with Crippen LogP contribution in [0.4, 0.5) is 0 Å². The minimum absolute atomic E-state index is 0.594. The van der Waals surface area contributed by atoms with E-state index < -0.39 is 0 Å². The Bertz CT molecular complexity index is 362. The fourth-order valence-electron chi connectivity index (χ4n) is 3.62. The van der Waals surface area contributed by atoms with Gasteiger partial charge in [0.05, 0.1) is 0 Å². The Morgan fingerprint density at radius 1 is 1.14 bits per heavy atom. The van der Waals surface area contributed by atoms with E-state index in [1.54, 1.807) is 11.1 Å². The maximum atomic E-state index is 3.34. The van der Waals surface area contributed by atoms with Gasteiger partial charge in [-0.3, -0.25) is 0 Å². The molecular formula is C21H39N. The largest absolute Gasteiger partial charge is 0.320 e. The molecule has 1 saturated carbocycles. The maximum Gasteiger partial charge on any atom is -0.00461 e. The van der Waals surface area contributed by atoms with Crippen molar-refractivity contribution < 1.29 is 0 Å². The number of rotatable bonds is 10. The van der Waals surface area contributed by atoms with Crippen molar-refractivity contribution in [3.63, 3.8) is 0 Å². The maximum absolute atomic E-state index is 3.34. The zero-order chi connectivity index (χ0) is 16.5. The van der Waals surface area contributed by atoms with Crippen LogP contribution < -0.4 is 5.32 Å². The van der Waals surface area contributed by atoms with Crippen LogP contribution in [0.15, 0.2) is 23.3 Å². The van der Waals surface area contributed by atoms with Crippen LogP contribution in [0, 0.1) is 23.7 Å². The van der Waals surface area contributed by atoms with Crippen molar-refractivity contribution in [2.24, 2.45) is 23.7 Å². The molecule has 1 nitrogen and oxygen atoms in total. The highest BCUT2D eigenvalue weighted by Crippen LogP contribution is 2.40. The molecule has 3 atom stereocenters. The molecule has 0 heterocycles. The fourth-order valence-corrected chi connectivity index (χ4v) is 3.62. The van der Waals surface area contributed by atoms with Crippen LogP contribution in [0.1, 0.15) is 73.1 Å². The quantitative estimate of drug-likeness (QED) is 0.490. The second kappa shape index (κ2) is 10.3. The monoisotopic (exact) mass is 305 g/mol. The Morgan fingerprint density at radius 3 is 2.27 bits per heavy atom. The standard InChI is InChI=1S/C21H39N/c1-7-16(3)12-13-17(4)21(18(5)20-10-9-11-20)19(8-2)14-15-22-6/h12-13,16-17,19-20,22H,7-11,14-15H2,1-6H3. The molecule has 1 aliphatic carbocycles. The van der Waals surface area contributed by atoms with Gasteiger partial charge in [-0.25, -0.2) is 0 Å². The van der Waals surface area contributed by atoms with Crippen LogP contribution >= 0.6 is 0 Å². The normalized spacial score (nSPS) is 21.4. The molecule has 22 heavy (non-hydrogen) atoms. The van der Waals surface area contributed by atoms with Gasteiger partial charge in [0.25, 0.3) is 0 Å². The van der Waals surface area contributed by atoms with Crippen LogP contribution in [0.2, 0.25) is 0 Å². The average molecular weight is 306 g/mol. The van der Waals surface area contributed by atoms with Gasteiger partial charge in [-0.15, -0.1) is 0 Å². The third kappa shape index (κ3) is 5.57. The Labute approximate surface area is 139 Å². The number of hydrogen-bond donors (Lipinski definition) is 1. The first-order chi connectivity index (χ1) is 10.5. The lowest BCUT2D eigenvalue weighted by molar-refractivity contribution is 0.354. The lowest BCUT2D eigenvalue weighted by atomic mass is 9.72. The van der Waals surface area contributed by atoms with Crippen LogP contribution in [0.5, 0.6) is 0 Å². The minimum Gasteiger partial charge on any atom is -0.320 e. The molecule has 3 unspecified atom stereocenters. The zero-order valence-corrected chi connectivity index (χ0v) is 15.9. The van der Waals surface area contributed by atoms with Gasteiger partial charge in [-0.05, 0) is 69.9 Å². The summed E-state index contributed by atoms with van der Waals surface area (Å²) in [6.07, 6.45) is 13.0. The Balaban J connectivity index is 2.96. The molecule has 1 N–H and O–H groups in total. The summed E-state index contributed by atoms with van der Waals surface area (Å²) in [7, 11) is 2.07. The molecule has 0 aromatic carbocycles. The molecule has 0 saturated heterocycles. The van der Waals surface area contributed by atoms with E-state index in [1.165, 1.54) is 38.5 Å². The topological polar surface area (TPSA) is 12.0 Å². The third-order valence-electron chi connectivity index (χ3n) is 5.71. The molecule has 0 aromatic heterocycles. The molecule has 0 bridgehead atoms. The molecule has 1 rings (SSSR count). The summed E-state index contributed by atoms with van der Waals surface area (Å²) < 4.78 is 0. The number of allylic oxidation sites excluding steroid dienone is 4. The van der Waals surface area contributed by atoms with Crippen molar-refractivity contribution in [3.05, 3.63) is 23.3 Å². The highest BCUT2D eigenvalue weighted by atomic mass is 14.8. The van der Waals surface area contributed by atoms with Crippen molar-refractivity contribution in [1.82, 2.24) is 5.32 Å². The summed E-state index contributed by atoms with van der Waals surface area (Å²) in [4.78, 5) is 0. The van der Waals surface area contributed by atoms with Gasteiger partial charge < -0.3 is 5.32 Å². The highest BCUT2D eigenvalue weighted by Gasteiger charge is 2.26. The van der Waals surface area contributed by atoms with Crippen molar-refractivity contribution in [1.29, 1.82) is 0 Å². The molecule has 1 heteroatoms. The third-order valence-corrected chi connectivity index (χ3v) is 5.71. The Morgan fingerprint density at radius 2 is 1.82 bits per heavy atom. The van der Waals surface area contributed by atoms with Crippen molar-refractivity contribution in [3.8, 4) is 0 Å². The second-order valence-corrected chi connectivity index (χ2v) is 7.32. The smallest absolute Gasteiger partial charge is 0.00461 e. The fraction of sp³-hybridized carbons (Fsp3) is 0.810. The van der Waals surface area contributed by atoms with Gasteiger partial charge in [0.2, 0.25) is 0 Å². The predicted octanol–water partition coefficient (Wildman–Crippen LogP) is 5.98. The van der Waals surface area contributed by atoms with E-state index in [2.05, 4.69) is 59.1 Å². The summed E-state index contributed by atoms with van der Waals surface area (Å²) >= 11 is 0. The molecule has 1 aliphatic rings. The van der Waals surface area contributed by atoms with Crippen molar-refractivity contribution in [2.45, 2.75) is 73.1 Å². The van der Waals surface area contributed by atoms with Crippen LogP contribution in [0.25, 0.3) is 0 Å². The van der Waals surface area contributed by atoms with Crippen LogP contribution in [-0.4, -0.2) is 13.6 Å². The summed E-state index contributed by atoms with van der Waals surface area (Å²) in [5, 5.41) is 3.34. The summed E-state index contributed by atoms with van der Waals surface area (Å²) in [5.74, 6) is 2.91. The molecular weight excluding hydrogens is 266 g/mol. The van der Waals surface area contributed by atoms with Gasteiger partial charge in [-0.1, -0.05) is 63.8 Å². The first-order valence-corrected chi connectivity index (χ1v) is 9.58. The Kier molecular flexibility index (Phi) is 9.09. The van der Waals surface area contributed by atoms with Crippen LogP contribution in [0.3, 0.4) is 0 Å². The first kappa shape index (κ1) is 19.5. The van der Waals surface area contributed by atoms with Crippen molar-refractivity contribution in [2.75, 3.05) is 13.6 Å². The van der Waals surface area contributed by atoms with E-state index in [0.29, 0.717) is 11.8 Å². The van der Waals surface area contributed by atoms with E-state index in [0.717, 1.165) is 18.4 Å². The van der Waals surface area contributed by atoms with E-state index in [1.807, 2.05) is 0 Å². The number of nitrogens with one attached hydrogen (secondary N) is 1. The van der Waals surface area contributed by atoms with Gasteiger partial charge in [0.1, 0.15) is 0 Å². The summed E-state index contributed by atoms with van der Waals surface area (Å²) in [6.45, 7) is 12.9. The minimum atomic E-state index is 0.594. The summed E-state index contributed by atoms with van der Waals surface area (Å²) in [5.41, 5.74) is 3.47. The number of hydrogen-bond acceptors (Lipinski definition) is 1.